The fourth-order valence-electron chi connectivity index (χ4n) is 2.22. The Morgan fingerprint density at radius 2 is 1.89 bits per heavy atom. The Balaban J connectivity index is 2.10. The highest BCUT2D eigenvalue weighted by molar-refractivity contribution is 7.09. The van der Waals surface area contributed by atoms with Crippen LogP contribution in [0.15, 0.2) is 29.6 Å². The van der Waals surface area contributed by atoms with Crippen molar-refractivity contribution in [1.82, 2.24) is 4.90 Å². The summed E-state index contributed by atoms with van der Waals surface area (Å²) in [5.41, 5.74) is -0.830. The van der Waals surface area contributed by atoms with Crippen LogP contribution >= 0.6 is 11.3 Å². The van der Waals surface area contributed by atoms with Gasteiger partial charge in [0.1, 0.15) is 5.56 Å². The minimum absolute atomic E-state index is 0.104. The van der Waals surface area contributed by atoms with Crippen LogP contribution in [0.5, 0.6) is 11.5 Å². The van der Waals surface area contributed by atoms with E-state index in [9.17, 15) is 19.7 Å². The Kier molecular flexibility index (Phi) is 6.72. The van der Waals surface area contributed by atoms with Crippen molar-refractivity contribution in [3.05, 3.63) is 50.2 Å². The van der Waals surface area contributed by atoms with E-state index in [4.69, 9.17) is 14.2 Å². The smallest absolute Gasteiger partial charge is 0.345 e. The highest BCUT2D eigenvalue weighted by Gasteiger charge is 2.26. The molecule has 1 aromatic carbocycles. The number of rotatable bonds is 8. The Morgan fingerprint density at radius 1 is 1.22 bits per heavy atom. The Labute approximate surface area is 159 Å². The maximum Gasteiger partial charge on any atom is 0.345 e. The molecule has 0 saturated heterocycles. The predicted molar refractivity (Wildman–Crippen MR) is 97.3 cm³/mol. The van der Waals surface area contributed by atoms with Crippen molar-refractivity contribution in [3.63, 3.8) is 0 Å². The number of esters is 1. The maximum atomic E-state index is 12.3. The summed E-state index contributed by atoms with van der Waals surface area (Å²) in [6, 6.07) is 5.97. The number of nitrogens with zero attached hydrogens (tertiary/aromatic N) is 2. The molecule has 0 bridgehead atoms. The first-order valence-corrected chi connectivity index (χ1v) is 8.59. The van der Waals surface area contributed by atoms with Crippen molar-refractivity contribution in [2.45, 2.75) is 6.54 Å². The number of nitro groups is 1. The summed E-state index contributed by atoms with van der Waals surface area (Å²) in [5.74, 6) is -1.19. The highest BCUT2D eigenvalue weighted by Crippen LogP contribution is 2.34. The first kappa shape index (κ1) is 20.2. The molecule has 9 nitrogen and oxygen atoms in total. The van der Waals surface area contributed by atoms with E-state index < -0.39 is 29.1 Å². The lowest BCUT2D eigenvalue weighted by Gasteiger charge is -2.16. The number of hydrogen-bond donors (Lipinski definition) is 0. The van der Waals surface area contributed by atoms with Crippen LogP contribution in [0.4, 0.5) is 5.69 Å². The topological polar surface area (TPSA) is 108 Å². The third kappa shape index (κ3) is 4.94. The van der Waals surface area contributed by atoms with Gasteiger partial charge in [0.05, 0.1) is 31.8 Å². The Hall–Kier alpha value is -3.14. The zero-order valence-corrected chi connectivity index (χ0v) is 15.8. The van der Waals surface area contributed by atoms with Crippen LogP contribution < -0.4 is 9.47 Å². The Morgan fingerprint density at radius 3 is 2.44 bits per heavy atom. The Bertz CT molecular complexity index is 836. The van der Waals surface area contributed by atoms with Gasteiger partial charge < -0.3 is 19.1 Å². The maximum absolute atomic E-state index is 12.3. The van der Waals surface area contributed by atoms with Crippen molar-refractivity contribution in [2.24, 2.45) is 0 Å². The second-order valence-electron chi connectivity index (χ2n) is 5.39. The van der Waals surface area contributed by atoms with Crippen molar-refractivity contribution in [2.75, 3.05) is 27.9 Å². The number of hydrogen-bond acceptors (Lipinski definition) is 8. The summed E-state index contributed by atoms with van der Waals surface area (Å²) in [6.07, 6.45) is 0. The van der Waals surface area contributed by atoms with E-state index in [-0.39, 0.29) is 17.1 Å². The second-order valence-corrected chi connectivity index (χ2v) is 6.42. The molecule has 0 saturated carbocycles. The number of nitro benzene ring substituents is 1. The average Bonchev–Trinajstić information content (AvgIpc) is 3.17. The quantitative estimate of drug-likeness (QED) is 0.384. The molecule has 27 heavy (non-hydrogen) atoms. The van der Waals surface area contributed by atoms with E-state index in [0.717, 1.165) is 17.0 Å². The number of carbonyl (C=O) groups is 2. The molecule has 0 aliphatic carbocycles. The lowest BCUT2D eigenvalue weighted by atomic mass is 10.1. The van der Waals surface area contributed by atoms with Crippen molar-refractivity contribution >= 4 is 28.9 Å². The van der Waals surface area contributed by atoms with Gasteiger partial charge in [0.15, 0.2) is 18.1 Å². The highest BCUT2D eigenvalue weighted by atomic mass is 32.1. The summed E-state index contributed by atoms with van der Waals surface area (Å²) in [6.45, 7) is -0.156. The minimum Gasteiger partial charge on any atom is -0.493 e. The van der Waals surface area contributed by atoms with Gasteiger partial charge in [-0.15, -0.1) is 11.3 Å². The number of ether oxygens (including phenoxy) is 3. The van der Waals surface area contributed by atoms with Gasteiger partial charge in [-0.1, -0.05) is 6.07 Å². The fraction of sp³-hybridized carbons (Fsp3) is 0.294. The first-order chi connectivity index (χ1) is 12.9. The van der Waals surface area contributed by atoms with E-state index in [1.54, 1.807) is 7.05 Å². The summed E-state index contributed by atoms with van der Waals surface area (Å²) in [7, 11) is 4.23. The number of likely N-dealkylation sites (N-methyl/N-ethyl adjacent to an activating group) is 1. The molecule has 144 valence electrons. The number of thiophene rings is 1. The molecule has 1 heterocycles. The lowest BCUT2D eigenvalue weighted by molar-refractivity contribution is -0.385. The molecule has 0 N–H and O–H groups in total. The number of carbonyl (C=O) groups excluding carboxylic acids is 2. The van der Waals surface area contributed by atoms with Gasteiger partial charge in [-0.2, -0.15) is 0 Å². The molecule has 2 rings (SSSR count). The van der Waals surface area contributed by atoms with E-state index in [1.165, 1.54) is 30.5 Å². The van der Waals surface area contributed by atoms with E-state index in [1.807, 2.05) is 17.5 Å². The van der Waals surface area contributed by atoms with E-state index in [2.05, 4.69) is 0 Å². The van der Waals surface area contributed by atoms with Crippen LogP contribution in [-0.4, -0.2) is 49.6 Å². The number of methoxy groups -OCH3 is 2. The summed E-state index contributed by atoms with van der Waals surface area (Å²) in [5, 5.41) is 13.1. The molecule has 0 radical (unpaired) electrons. The third-order valence-corrected chi connectivity index (χ3v) is 4.51. The third-order valence-electron chi connectivity index (χ3n) is 3.64. The minimum atomic E-state index is -1.000. The van der Waals surface area contributed by atoms with Crippen LogP contribution in [0.25, 0.3) is 0 Å². The van der Waals surface area contributed by atoms with Crippen molar-refractivity contribution < 1.29 is 28.7 Å². The normalized spacial score (nSPS) is 10.2. The molecule has 0 fully saturated rings. The molecule has 1 aromatic heterocycles. The first-order valence-electron chi connectivity index (χ1n) is 7.71. The van der Waals surface area contributed by atoms with Crippen LogP contribution in [0.1, 0.15) is 15.2 Å². The largest absolute Gasteiger partial charge is 0.493 e. The molecule has 0 spiro atoms. The monoisotopic (exact) mass is 394 g/mol. The molecule has 0 aliphatic heterocycles. The van der Waals surface area contributed by atoms with Gasteiger partial charge >= 0.3 is 5.97 Å². The number of benzene rings is 1. The number of amides is 1. The van der Waals surface area contributed by atoms with Gasteiger partial charge in [-0.25, -0.2) is 4.79 Å². The zero-order chi connectivity index (χ0) is 20.0. The molecule has 0 aliphatic rings. The summed E-state index contributed by atoms with van der Waals surface area (Å²) in [4.78, 5) is 37.3. The second kappa shape index (κ2) is 8.99. The molecule has 2 aromatic rings. The van der Waals surface area contributed by atoms with Gasteiger partial charge in [0.2, 0.25) is 0 Å². The summed E-state index contributed by atoms with van der Waals surface area (Å²) >= 11 is 1.50. The van der Waals surface area contributed by atoms with Crippen molar-refractivity contribution in [1.29, 1.82) is 0 Å². The standard InChI is InChI=1S/C17H18N2O7S/c1-18(9-11-5-4-6-27-11)16(20)10-26-17(21)12-7-14(24-2)15(25-3)8-13(12)19(22)23/h4-8H,9-10H2,1-3H3. The van der Waals surface area contributed by atoms with Gasteiger partial charge in [0, 0.05) is 18.0 Å². The van der Waals surface area contributed by atoms with Gasteiger partial charge in [-0.3, -0.25) is 14.9 Å². The molecule has 10 heteroatoms. The predicted octanol–water partition coefficient (Wildman–Crippen LogP) is 2.49. The van der Waals surface area contributed by atoms with Gasteiger partial charge in [0.25, 0.3) is 11.6 Å². The van der Waals surface area contributed by atoms with Gasteiger partial charge in [-0.05, 0) is 11.4 Å². The molecule has 0 atom stereocenters. The average molecular weight is 394 g/mol. The fourth-order valence-corrected chi connectivity index (χ4v) is 2.98. The van der Waals surface area contributed by atoms with Crippen molar-refractivity contribution in [3.8, 4) is 11.5 Å². The molecule has 1 amide bonds. The van der Waals surface area contributed by atoms with Crippen LogP contribution in [-0.2, 0) is 16.1 Å². The zero-order valence-electron chi connectivity index (χ0n) is 15.0. The molecular weight excluding hydrogens is 376 g/mol. The van der Waals surface area contributed by atoms with E-state index in [0.29, 0.717) is 6.54 Å². The van der Waals surface area contributed by atoms with Crippen LogP contribution in [0, 0.1) is 10.1 Å². The SMILES string of the molecule is COc1cc(C(=O)OCC(=O)N(C)Cc2cccs2)c([N+](=O)[O-])cc1OC. The van der Waals surface area contributed by atoms with Crippen LogP contribution in [0.3, 0.4) is 0 Å². The van der Waals surface area contributed by atoms with Crippen LogP contribution in [0.2, 0.25) is 0 Å². The molecule has 0 unspecified atom stereocenters. The van der Waals surface area contributed by atoms with E-state index >= 15 is 0 Å². The molecular formula is C17H18N2O7S. The lowest BCUT2D eigenvalue weighted by Crippen LogP contribution is -2.30. The summed E-state index contributed by atoms with van der Waals surface area (Å²) < 4.78 is 15.0.